The van der Waals surface area contributed by atoms with Crippen LogP contribution in [0.5, 0.6) is 0 Å². The molecule has 0 atom stereocenters. The van der Waals surface area contributed by atoms with Crippen molar-refractivity contribution < 1.29 is 17.9 Å². The van der Waals surface area contributed by atoms with E-state index in [0.717, 1.165) is 5.56 Å². The summed E-state index contributed by atoms with van der Waals surface area (Å²) in [5, 5.41) is 0. The van der Waals surface area contributed by atoms with Crippen LogP contribution in [0.4, 0.5) is 0 Å². The molecule has 1 rings (SSSR count). The smallest absolute Gasteiger partial charge is 0.307 e. The summed E-state index contributed by atoms with van der Waals surface area (Å²) < 4.78 is 28.7. The van der Waals surface area contributed by atoms with E-state index in [-0.39, 0.29) is 16.4 Å². The zero-order valence-corrected chi connectivity index (χ0v) is 11.5. The Balaban J connectivity index is 2.83. The van der Waals surface area contributed by atoms with Gasteiger partial charge in [0.15, 0.2) is 9.84 Å². The summed E-state index contributed by atoms with van der Waals surface area (Å²) >= 11 is 0. The van der Waals surface area contributed by atoms with Gasteiger partial charge in [-0.15, -0.1) is 0 Å². The second kappa shape index (κ2) is 5.82. The van der Waals surface area contributed by atoms with E-state index in [9.17, 15) is 13.2 Å². The van der Waals surface area contributed by atoms with Crippen molar-refractivity contribution in [1.29, 1.82) is 0 Å². The molecule has 0 aliphatic heterocycles. The van der Waals surface area contributed by atoms with Crippen molar-refractivity contribution in [2.24, 2.45) is 0 Å². The Labute approximate surface area is 107 Å². The van der Waals surface area contributed by atoms with Crippen LogP contribution in [-0.2, 0) is 19.4 Å². The molecule has 0 bridgehead atoms. The Morgan fingerprint density at radius 1 is 1.22 bits per heavy atom. The Morgan fingerprint density at radius 3 is 2.28 bits per heavy atom. The second-order valence-corrected chi connectivity index (χ2v) is 6.04. The molecule has 0 saturated heterocycles. The quantitative estimate of drug-likeness (QED) is 0.620. The standard InChI is InChI=1S/C13H16O4S/c1-10-4-6-13(7-5-10)18(15,16)9-8-11(2)17-12(3)14/h4-8H,9H2,1-3H3/b11-8-. The van der Waals surface area contributed by atoms with Gasteiger partial charge in [-0.1, -0.05) is 17.7 Å². The highest BCUT2D eigenvalue weighted by Gasteiger charge is 2.12. The maximum atomic E-state index is 11.9. The number of esters is 1. The molecule has 98 valence electrons. The van der Waals surface area contributed by atoms with E-state index >= 15 is 0 Å². The van der Waals surface area contributed by atoms with Crippen molar-refractivity contribution in [1.82, 2.24) is 0 Å². The van der Waals surface area contributed by atoms with Crippen LogP contribution in [0.15, 0.2) is 41.0 Å². The molecule has 0 spiro atoms. The first-order valence-electron chi connectivity index (χ1n) is 5.46. The first kappa shape index (κ1) is 14.4. The average Bonchev–Trinajstić information content (AvgIpc) is 2.26. The molecule has 0 fully saturated rings. The summed E-state index contributed by atoms with van der Waals surface area (Å²) in [5.41, 5.74) is 1.00. The van der Waals surface area contributed by atoms with Gasteiger partial charge in [0.05, 0.1) is 10.6 Å². The number of rotatable bonds is 4. The number of benzene rings is 1. The molecule has 18 heavy (non-hydrogen) atoms. The molecule has 0 aliphatic rings. The van der Waals surface area contributed by atoms with Crippen molar-refractivity contribution in [3.05, 3.63) is 41.7 Å². The van der Waals surface area contributed by atoms with Crippen LogP contribution in [-0.4, -0.2) is 20.1 Å². The minimum absolute atomic E-state index is 0.185. The van der Waals surface area contributed by atoms with E-state index in [2.05, 4.69) is 0 Å². The zero-order chi connectivity index (χ0) is 13.8. The van der Waals surface area contributed by atoms with Crippen LogP contribution < -0.4 is 0 Å². The van der Waals surface area contributed by atoms with Gasteiger partial charge in [-0.3, -0.25) is 4.79 Å². The minimum atomic E-state index is -3.38. The van der Waals surface area contributed by atoms with E-state index in [4.69, 9.17) is 4.74 Å². The Kier molecular flexibility index (Phi) is 4.67. The number of ether oxygens (including phenoxy) is 1. The van der Waals surface area contributed by atoms with Crippen molar-refractivity contribution in [3.8, 4) is 0 Å². The predicted octanol–water partition coefficient (Wildman–Crippen LogP) is 2.24. The van der Waals surface area contributed by atoms with Gasteiger partial charge < -0.3 is 4.74 Å². The third-order valence-electron chi connectivity index (χ3n) is 2.28. The summed E-state index contributed by atoms with van der Waals surface area (Å²) in [6, 6.07) is 6.63. The summed E-state index contributed by atoms with van der Waals surface area (Å²) in [6.07, 6.45) is 1.39. The molecule has 1 aromatic carbocycles. The zero-order valence-electron chi connectivity index (χ0n) is 10.6. The van der Waals surface area contributed by atoms with Gasteiger partial charge in [0.2, 0.25) is 0 Å². The molecule has 0 unspecified atom stereocenters. The number of hydrogen-bond donors (Lipinski definition) is 0. The lowest BCUT2D eigenvalue weighted by atomic mass is 10.2. The maximum absolute atomic E-state index is 11.9. The highest BCUT2D eigenvalue weighted by Crippen LogP contribution is 2.13. The fourth-order valence-corrected chi connectivity index (χ4v) is 2.53. The fourth-order valence-electron chi connectivity index (χ4n) is 1.34. The van der Waals surface area contributed by atoms with Crippen molar-refractivity contribution in [2.45, 2.75) is 25.7 Å². The summed E-state index contributed by atoms with van der Waals surface area (Å²) in [5.74, 6) is -0.357. The van der Waals surface area contributed by atoms with Gasteiger partial charge in [0, 0.05) is 6.92 Å². The molecule has 4 nitrogen and oxygen atoms in total. The van der Waals surface area contributed by atoms with E-state index in [0.29, 0.717) is 0 Å². The normalized spacial score (nSPS) is 12.3. The van der Waals surface area contributed by atoms with Crippen LogP contribution >= 0.6 is 0 Å². The number of aryl methyl sites for hydroxylation is 1. The molecule has 0 amide bonds. The van der Waals surface area contributed by atoms with Crippen LogP contribution in [0, 0.1) is 6.92 Å². The van der Waals surface area contributed by atoms with Gasteiger partial charge in [0.1, 0.15) is 5.76 Å². The Bertz CT molecular complexity index is 553. The van der Waals surface area contributed by atoms with Gasteiger partial charge in [-0.05, 0) is 32.1 Å². The van der Waals surface area contributed by atoms with E-state index in [1.54, 1.807) is 31.2 Å². The highest BCUT2D eigenvalue weighted by molar-refractivity contribution is 7.91. The first-order valence-corrected chi connectivity index (χ1v) is 7.11. The summed E-state index contributed by atoms with van der Waals surface area (Å²) in [6.45, 7) is 4.71. The lowest BCUT2D eigenvalue weighted by Crippen LogP contribution is -2.06. The third kappa shape index (κ3) is 4.33. The lowest BCUT2D eigenvalue weighted by Gasteiger charge is -2.03. The highest BCUT2D eigenvalue weighted by atomic mass is 32.2. The van der Waals surface area contributed by atoms with Crippen LogP contribution in [0.25, 0.3) is 0 Å². The van der Waals surface area contributed by atoms with Gasteiger partial charge in [-0.2, -0.15) is 0 Å². The average molecular weight is 268 g/mol. The Morgan fingerprint density at radius 2 is 1.78 bits per heavy atom. The predicted molar refractivity (Wildman–Crippen MR) is 68.8 cm³/mol. The van der Waals surface area contributed by atoms with Crippen LogP contribution in [0.2, 0.25) is 0 Å². The van der Waals surface area contributed by atoms with Crippen molar-refractivity contribution >= 4 is 15.8 Å². The molecular weight excluding hydrogens is 252 g/mol. The molecule has 0 saturated carbocycles. The molecule has 0 aromatic heterocycles. The second-order valence-electron chi connectivity index (χ2n) is 4.00. The van der Waals surface area contributed by atoms with Crippen molar-refractivity contribution in [3.63, 3.8) is 0 Å². The minimum Gasteiger partial charge on any atom is -0.432 e. The number of carbonyl (C=O) groups is 1. The largest absolute Gasteiger partial charge is 0.432 e. The molecule has 0 N–H and O–H groups in total. The number of carbonyl (C=O) groups excluding carboxylic acids is 1. The number of allylic oxidation sites excluding steroid dienone is 1. The molecular formula is C13H16O4S. The van der Waals surface area contributed by atoms with E-state index in [1.807, 2.05) is 6.92 Å². The Hall–Kier alpha value is -1.62. The summed E-state index contributed by atoms with van der Waals surface area (Å²) in [7, 11) is -3.38. The SMILES string of the molecule is CC(=O)O/C(C)=C\CS(=O)(=O)c1ccc(C)cc1. The molecule has 0 aliphatic carbocycles. The number of hydrogen-bond acceptors (Lipinski definition) is 4. The van der Waals surface area contributed by atoms with Crippen LogP contribution in [0.3, 0.4) is 0 Å². The van der Waals surface area contributed by atoms with E-state index < -0.39 is 15.8 Å². The van der Waals surface area contributed by atoms with Crippen LogP contribution in [0.1, 0.15) is 19.4 Å². The topological polar surface area (TPSA) is 60.4 Å². The summed E-state index contributed by atoms with van der Waals surface area (Å²) in [4.78, 5) is 10.9. The van der Waals surface area contributed by atoms with Gasteiger partial charge in [-0.25, -0.2) is 8.42 Å². The van der Waals surface area contributed by atoms with Crippen molar-refractivity contribution in [2.75, 3.05) is 5.75 Å². The molecule has 1 aromatic rings. The van der Waals surface area contributed by atoms with E-state index in [1.165, 1.54) is 13.0 Å². The lowest BCUT2D eigenvalue weighted by molar-refractivity contribution is -0.136. The first-order chi connectivity index (χ1) is 8.31. The maximum Gasteiger partial charge on any atom is 0.307 e. The third-order valence-corrected chi connectivity index (χ3v) is 3.87. The monoisotopic (exact) mass is 268 g/mol. The number of sulfone groups is 1. The van der Waals surface area contributed by atoms with Gasteiger partial charge in [0.25, 0.3) is 0 Å². The molecule has 5 heteroatoms. The molecule has 0 radical (unpaired) electrons. The fraction of sp³-hybridized carbons (Fsp3) is 0.308. The molecule has 0 heterocycles. The van der Waals surface area contributed by atoms with Gasteiger partial charge >= 0.3 is 5.97 Å².